The Morgan fingerprint density at radius 2 is 1.67 bits per heavy atom. The molecule has 0 unspecified atom stereocenters. The van der Waals surface area contributed by atoms with E-state index in [0.29, 0.717) is 22.5 Å². The van der Waals surface area contributed by atoms with Crippen LogP contribution in [0.2, 0.25) is 0 Å². The van der Waals surface area contributed by atoms with Gasteiger partial charge in [-0.2, -0.15) is 0 Å². The van der Waals surface area contributed by atoms with Crippen molar-refractivity contribution < 1.29 is 14.0 Å². The van der Waals surface area contributed by atoms with Gasteiger partial charge >= 0.3 is 0 Å². The van der Waals surface area contributed by atoms with Crippen molar-refractivity contribution in [3.8, 4) is 0 Å². The van der Waals surface area contributed by atoms with Crippen molar-refractivity contribution in [1.82, 2.24) is 0 Å². The Labute approximate surface area is 140 Å². The third-order valence-corrected chi connectivity index (χ3v) is 3.79. The van der Waals surface area contributed by atoms with Crippen LogP contribution in [0.3, 0.4) is 0 Å². The second kappa shape index (κ2) is 7.12. The van der Waals surface area contributed by atoms with Gasteiger partial charge in [0.25, 0.3) is 5.91 Å². The minimum absolute atomic E-state index is 0.156. The molecule has 3 N–H and O–H groups in total. The fourth-order valence-electron chi connectivity index (χ4n) is 2.14. The van der Waals surface area contributed by atoms with Crippen molar-refractivity contribution in [2.24, 2.45) is 5.73 Å². The molecule has 2 aromatic carbocycles. The molecule has 0 saturated heterocycles. The normalized spacial score (nSPS) is 10.5. The average Bonchev–Trinajstić information content (AvgIpc) is 2.54. The summed E-state index contributed by atoms with van der Waals surface area (Å²) in [7, 11) is 1.81. The van der Waals surface area contributed by atoms with Gasteiger partial charge in [-0.3, -0.25) is 9.59 Å². The first-order valence-corrected chi connectivity index (χ1v) is 7.53. The molecule has 6 heteroatoms. The second-order valence-electron chi connectivity index (χ2n) is 5.77. The zero-order chi connectivity index (χ0) is 17.9. The summed E-state index contributed by atoms with van der Waals surface area (Å²) in [6.45, 7) is 3.93. The fourth-order valence-corrected chi connectivity index (χ4v) is 2.14. The quantitative estimate of drug-likeness (QED) is 0.885. The number of primary amides is 1. The summed E-state index contributed by atoms with van der Waals surface area (Å²) >= 11 is 0. The van der Waals surface area contributed by atoms with Gasteiger partial charge in [0, 0.05) is 29.9 Å². The van der Waals surface area contributed by atoms with E-state index in [2.05, 4.69) is 5.32 Å². The van der Waals surface area contributed by atoms with Crippen LogP contribution in [0.25, 0.3) is 0 Å². The Kier molecular flexibility index (Phi) is 5.18. The summed E-state index contributed by atoms with van der Waals surface area (Å²) in [5, 5.41) is 2.63. The first-order chi connectivity index (χ1) is 11.3. The van der Waals surface area contributed by atoms with Gasteiger partial charge in [0.2, 0.25) is 5.91 Å². The second-order valence-corrected chi connectivity index (χ2v) is 5.77. The van der Waals surface area contributed by atoms with Crippen LogP contribution < -0.4 is 16.0 Å². The van der Waals surface area contributed by atoms with Crippen molar-refractivity contribution in [1.29, 1.82) is 0 Å². The number of anilines is 2. The van der Waals surface area contributed by atoms with Crippen LogP contribution in [0.1, 0.15) is 34.6 Å². The van der Waals surface area contributed by atoms with Crippen molar-refractivity contribution in [3.05, 3.63) is 59.4 Å². The Balaban J connectivity index is 2.14. The maximum absolute atomic E-state index is 14.2. The predicted octanol–water partition coefficient (Wildman–Crippen LogP) is 3.02. The molecule has 2 amide bonds. The molecule has 5 nitrogen and oxygen atoms in total. The molecule has 2 aromatic rings. The molecular formula is C18H20FN3O2. The number of nitrogens with two attached hydrogens (primary N) is 1. The molecule has 0 fully saturated rings. The van der Waals surface area contributed by atoms with Gasteiger partial charge in [0.15, 0.2) is 0 Å². The van der Waals surface area contributed by atoms with Crippen molar-refractivity contribution in [3.63, 3.8) is 0 Å². The van der Waals surface area contributed by atoms with Crippen LogP contribution in [0, 0.1) is 5.82 Å². The molecular weight excluding hydrogens is 309 g/mol. The lowest BCUT2D eigenvalue weighted by Crippen LogP contribution is -2.26. The Bertz CT molecular complexity index is 757. The third kappa shape index (κ3) is 3.90. The smallest absolute Gasteiger partial charge is 0.255 e. The van der Waals surface area contributed by atoms with E-state index in [-0.39, 0.29) is 6.04 Å². The van der Waals surface area contributed by atoms with E-state index in [9.17, 15) is 14.0 Å². The number of nitrogens with zero attached hydrogens (tertiary/aromatic N) is 1. The highest BCUT2D eigenvalue weighted by Gasteiger charge is 2.13. The minimum Gasteiger partial charge on any atom is -0.370 e. The van der Waals surface area contributed by atoms with E-state index in [1.165, 1.54) is 30.3 Å². The first kappa shape index (κ1) is 17.5. The van der Waals surface area contributed by atoms with Gasteiger partial charge < -0.3 is 16.0 Å². The molecule has 0 aliphatic heterocycles. The maximum Gasteiger partial charge on any atom is 0.255 e. The van der Waals surface area contributed by atoms with Gasteiger partial charge in [-0.25, -0.2) is 4.39 Å². The van der Waals surface area contributed by atoms with Crippen LogP contribution in [0.15, 0.2) is 42.5 Å². The number of carbonyl (C=O) groups is 2. The lowest BCUT2D eigenvalue weighted by molar-refractivity contribution is 0.0995. The average molecular weight is 329 g/mol. The highest BCUT2D eigenvalue weighted by molar-refractivity contribution is 6.05. The zero-order valence-corrected chi connectivity index (χ0v) is 13.8. The van der Waals surface area contributed by atoms with E-state index in [1.807, 2.05) is 25.8 Å². The number of amides is 2. The van der Waals surface area contributed by atoms with E-state index in [0.717, 1.165) is 0 Å². The van der Waals surface area contributed by atoms with E-state index in [1.54, 1.807) is 12.1 Å². The van der Waals surface area contributed by atoms with E-state index >= 15 is 0 Å². The molecule has 0 spiro atoms. The van der Waals surface area contributed by atoms with Gasteiger partial charge in [0.1, 0.15) is 5.82 Å². The molecule has 0 aliphatic rings. The largest absolute Gasteiger partial charge is 0.370 e. The third-order valence-electron chi connectivity index (χ3n) is 3.79. The van der Waals surface area contributed by atoms with Crippen LogP contribution in [0.5, 0.6) is 0 Å². The molecule has 126 valence electrons. The summed E-state index contributed by atoms with van der Waals surface area (Å²) < 4.78 is 14.2. The number of hydrogen-bond donors (Lipinski definition) is 2. The number of carbonyl (C=O) groups excluding carboxylic acids is 2. The number of benzene rings is 2. The monoisotopic (exact) mass is 329 g/mol. The van der Waals surface area contributed by atoms with Crippen LogP contribution >= 0.6 is 0 Å². The van der Waals surface area contributed by atoms with Crippen molar-refractivity contribution >= 4 is 23.2 Å². The Morgan fingerprint density at radius 1 is 1.08 bits per heavy atom. The zero-order valence-electron chi connectivity index (χ0n) is 13.8. The van der Waals surface area contributed by atoms with Crippen LogP contribution in [-0.4, -0.2) is 24.9 Å². The lowest BCUT2D eigenvalue weighted by atomic mass is 10.1. The lowest BCUT2D eigenvalue weighted by Gasteiger charge is -2.24. The molecule has 2 rings (SSSR count). The highest BCUT2D eigenvalue weighted by Crippen LogP contribution is 2.23. The van der Waals surface area contributed by atoms with E-state index in [4.69, 9.17) is 5.73 Å². The number of nitrogens with one attached hydrogen (secondary N) is 1. The van der Waals surface area contributed by atoms with Gasteiger partial charge in [-0.15, -0.1) is 0 Å². The molecule has 0 radical (unpaired) electrons. The SMILES string of the molecule is CC(C)N(C)c1ccc(NC(=O)c2ccc(C(N)=O)cc2)cc1F. The number of halogens is 1. The molecule has 24 heavy (non-hydrogen) atoms. The summed E-state index contributed by atoms with van der Waals surface area (Å²) in [6, 6.07) is 10.6. The first-order valence-electron chi connectivity index (χ1n) is 7.53. The summed E-state index contributed by atoms with van der Waals surface area (Å²) in [5.74, 6) is -1.36. The van der Waals surface area contributed by atoms with Crippen molar-refractivity contribution in [2.45, 2.75) is 19.9 Å². The molecule has 0 heterocycles. The topological polar surface area (TPSA) is 75.4 Å². The van der Waals surface area contributed by atoms with E-state index < -0.39 is 17.6 Å². The fraction of sp³-hybridized carbons (Fsp3) is 0.222. The molecule has 0 aromatic heterocycles. The molecule has 0 bridgehead atoms. The van der Waals surface area contributed by atoms with Gasteiger partial charge in [-0.1, -0.05) is 0 Å². The van der Waals surface area contributed by atoms with Crippen LogP contribution in [0.4, 0.5) is 15.8 Å². The highest BCUT2D eigenvalue weighted by atomic mass is 19.1. The van der Waals surface area contributed by atoms with Gasteiger partial charge in [-0.05, 0) is 56.3 Å². The summed E-state index contributed by atoms with van der Waals surface area (Å²) in [4.78, 5) is 25.0. The standard InChI is InChI=1S/C18H20FN3O2/c1-11(2)22(3)16-9-8-14(10-15(16)19)21-18(24)13-6-4-12(5-7-13)17(20)23/h4-11H,1-3H3,(H2,20,23)(H,21,24). The molecule has 0 saturated carbocycles. The number of rotatable bonds is 5. The van der Waals surface area contributed by atoms with Crippen LogP contribution in [-0.2, 0) is 0 Å². The number of hydrogen-bond acceptors (Lipinski definition) is 3. The maximum atomic E-state index is 14.2. The minimum atomic E-state index is -0.561. The predicted molar refractivity (Wildman–Crippen MR) is 92.9 cm³/mol. The summed E-state index contributed by atoms with van der Waals surface area (Å²) in [6.07, 6.45) is 0. The van der Waals surface area contributed by atoms with Crippen molar-refractivity contribution in [2.75, 3.05) is 17.3 Å². The Morgan fingerprint density at radius 3 is 2.17 bits per heavy atom. The Hall–Kier alpha value is -2.89. The molecule has 0 aliphatic carbocycles. The molecule has 0 atom stereocenters. The summed E-state index contributed by atoms with van der Waals surface area (Å²) in [5.41, 5.74) is 6.65. The van der Waals surface area contributed by atoms with Gasteiger partial charge in [0.05, 0.1) is 5.69 Å².